The molecule has 0 bridgehead atoms. The van der Waals surface area contributed by atoms with Gasteiger partial charge in [0.15, 0.2) is 0 Å². The van der Waals surface area contributed by atoms with E-state index in [1.165, 1.54) is 24.0 Å². The molecule has 0 amide bonds. The van der Waals surface area contributed by atoms with E-state index in [9.17, 15) is 0 Å². The lowest BCUT2D eigenvalue weighted by atomic mass is 9.96. The summed E-state index contributed by atoms with van der Waals surface area (Å²) in [6, 6.07) is 8.70. The van der Waals surface area contributed by atoms with Gasteiger partial charge in [-0.1, -0.05) is 24.3 Å². The summed E-state index contributed by atoms with van der Waals surface area (Å²) in [5.74, 6) is 0. The van der Waals surface area contributed by atoms with Gasteiger partial charge in [0.2, 0.25) is 0 Å². The zero-order chi connectivity index (χ0) is 11.0. The number of nitrogens with two attached hydrogens (primary N) is 1. The number of ether oxygens (including phenoxy) is 1. The summed E-state index contributed by atoms with van der Waals surface area (Å²) in [6.45, 7) is 0.905. The fourth-order valence-electron chi connectivity index (χ4n) is 2.48. The van der Waals surface area contributed by atoms with Crippen LogP contribution in [0.15, 0.2) is 24.3 Å². The Bertz CT molecular complexity index is 378. The molecule has 2 fully saturated rings. The van der Waals surface area contributed by atoms with Gasteiger partial charge in [-0.05, 0) is 43.2 Å². The Balaban J connectivity index is 1.84. The van der Waals surface area contributed by atoms with Crippen LogP contribution in [0.4, 0.5) is 0 Å². The molecule has 16 heavy (non-hydrogen) atoms. The van der Waals surface area contributed by atoms with E-state index < -0.39 is 0 Å². The fraction of sp³-hybridized carbons (Fsp3) is 0.571. The molecule has 1 heterocycles. The van der Waals surface area contributed by atoms with Gasteiger partial charge < -0.3 is 10.5 Å². The Kier molecular flexibility index (Phi) is 2.49. The normalized spacial score (nSPS) is 27.7. The van der Waals surface area contributed by atoms with Gasteiger partial charge in [-0.25, -0.2) is 0 Å². The summed E-state index contributed by atoms with van der Waals surface area (Å²) in [6.07, 6.45) is 6.20. The minimum Gasteiger partial charge on any atom is -0.374 e. The first-order chi connectivity index (χ1) is 7.78. The Morgan fingerprint density at radius 3 is 2.81 bits per heavy atom. The molecular formula is C14H19NO. The summed E-state index contributed by atoms with van der Waals surface area (Å²) >= 11 is 0. The zero-order valence-corrected chi connectivity index (χ0v) is 9.61. The fourth-order valence-corrected chi connectivity index (χ4v) is 2.48. The van der Waals surface area contributed by atoms with E-state index in [0.29, 0.717) is 6.10 Å². The molecule has 2 heteroatoms. The smallest absolute Gasteiger partial charge is 0.0825 e. The molecule has 0 aromatic heterocycles. The first-order valence-corrected chi connectivity index (χ1v) is 6.29. The molecule has 2 N–H and O–H groups in total. The standard InChI is InChI=1S/C14H19NO/c15-14(7-8-14)12-5-3-4-11(10-12)13-6-1-2-9-16-13/h3-5,10,13H,1-2,6-9,15H2/t13-/m0/s1. The van der Waals surface area contributed by atoms with Crippen molar-refractivity contribution >= 4 is 0 Å². The van der Waals surface area contributed by atoms with Crippen LogP contribution < -0.4 is 5.73 Å². The topological polar surface area (TPSA) is 35.2 Å². The van der Waals surface area contributed by atoms with Gasteiger partial charge in [-0.3, -0.25) is 0 Å². The zero-order valence-electron chi connectivity index (χ0n) is 9.61. The number of benzene rings is 1. The summed E-state index contributed by atoms with van der Waals surface area (Å²) in [5, 5.41) is 0. The second kappa shape index (κ2) is 3.86. The van der Waals surface area contributed by atoms with Crippen LogP contribution in [-0.4, -0.2) is 6.61 Å². The largest absolute Gasteiger partial charge is 0.374 e. The maximum Gasteiger partial charge on any atom is 0.0825 e. The first kappa shape index (κ1) is 10.3. The van der Waals surface area contributed by atoms with Crippen molar-refractivity contribution in [1.82, 2.24) is 0 Å². The molecule has 3 rings (SSSR count). The lowest BCUT2D eigenvalue weighted by Crippen LogP contribution is -2.19. The van der Waals surface area contributed by atoms with Gasteiger partial charge in [0.05, 0.1) is 6.10 Å². The Morgan fingerprint density at radius 2 is 2.12 bits per heavy atom. The van der Waals surface area contributed by atoms with Gasteiger partial charge in [-0.2, -0.15) is 0 Å². The monoisotopic (exact) mass is 217 g/mol. The van der Waals surface area contributed by atoms with Crippen LogP contribution in [0.5, 0.6) is 0 Å². The molecule has 0 unspecified atom stereocenters. The number of hydrogen-bond donors (Lipinski definition) is 1. The third-order valence-electron chi connectivity index (χ3n) is 3.80. The van der Waals surface area contributed by atoms with E-state index in [1.54, 1.807) is 0 Å². The number of hydrogen-bond acceptors (Lipinski definition) is 2. The maximum absolute atomic E-state index is 6.23. The summed E-state index contributed by atoms with van der Waals surface area (Å²) in [7, 11) is 0. The highest BCUT2D eigenvalue weighted by Gasteiger charge is 2.40. The van der Waals surface area contributed by atoms with Gasteiger partial charge >= 0.3 is 0 Å². The lowest BCUT2D eigenvalue weighted by Gasteiger charge is -2.24. The van der Waals surface area contributed by atoms with Crippen molar-refractivity contribution in [3.05, 3.63) is 35.4 Å². The van der Waals surface area contributed by atoms with Crippen LogP contribution in [0, 0.1) is 0 Å². The molecule has 0 radical (unpaired) electrons. The van der Waals surface area contributed by atoms with Crippen LogP contribution in [0.2, 0.25) is 0 Å². The summed E-state index contributed by atoms with van der Waals surface area (Å²) in [5.41, 5.74) is 8.81. The molecule has 1 aromatic carbocycles. The van der Waals surface area contributed by atoms with Gasteiger partial charge in [0, 0.05) is 12.1 Å². The maximum atomic E-state index is 6.23. The average Bonchev–Trinajstić information content (AvgIpc) is 3.10. The Labute approximate surface area is 96.8 Å². The molecule has 1 aliphatic heterocycles. The molecule has 1 aliphatic carbocycles. The van der Waals surface area contributed by atoms with E-state index in [0.717, 1.165) is 25.9 Å². The highest BCUT2D eigenvalue weighted by molar-refractivity contribution is 5.34. The second-order valence-corrected chi connectivity index (χ2v) is 5.14. The van der Waals surface area contributed by atoms with Gasteiger partial charge in [0.25, 0.3) is 0 Å². The van der Waals surface area contributed by atoms with Gasteiger partial charge in [-0.15, -0.1) is 0 Å². The average molecular weight is 217 g/mol. The predicted octanol–water partition coefficient (Wildman–Crippen LogP) is 2.88. The number of rotatable bonds is 2. The van der Waals surface area contributed by atoms with Crippen LogP contribution >= 0.6 is 0 Å². The van der Waals surface area contributed by atoms with Crippen LogP contribution in [-0.2, 0) is 10.3 Å². The van der Waals surface area contributed by atoms with Crippen LogP contribution in [0.25, 0.3) is 0 Å². The molecule has 1 atom stereocenters. The Hall–Kier alpha value is -0.860. The minimum atomic E-state index is -0.0231. The van der Waals surface area contributed by atoms with Crippen molar-refractivity contribution in [1.29, 1.82) is 0 Å². The molecule has 2 aliphatic rings. The van der Waals surface area contributed by atoms with Gasteiger partial charge in [0.1, 0.15) is 0 Å². The Morgan fingerprint density at radius 1 is 1.25 bits per heavy atom. The molecule has 1 saturated carbocycles. The summed E-state index contributed by atoms with van der Waals surface area (Å²) in [4.78, 5) is 0. The van der Waals surface area contributed by atoms with E-state index >= 15 is 0 Å². The SMILES string of the molecule is NC1(c2cccc([C@@H]3CCCCO3)c2)CC1. The van der Waals surface area contributed by atoms with Crippen LogP contribution in [0.1, 0.15) is 49.3 Å². The first-order valence-electron chi connectivity index (χ1n) is 6.29. The highest BCUT2D eigenvalue weighted by Crippen LogP contribution is 2.43. The second-order valence-electron chi connectivity index (χ2n) is 5.14. The molecule has 2 nitrogen and oxygen atoms in total. The van der Waals surface area contributed by atoms with E-state index in [1.807, 2.05) is 0 Å². The third-order valence-corrected chi connectivity index (χ3v) is 3.80. The molecule has 0 spiro atoms. The lowest BCUT2D eigenvalue weighted by molar-refractivity contribution is 0.0149. The third kappa shape index (κ3) is 1.87. The quantitative estimate of drug-likeness (QED) is 0.826. The highest BCUT2D eigenvalue weighted by atomic mass is 16.5. The van der Waals surface area contributed by atoms with Crippen molar-refractivity contribution in [2.75, 3.05) is 6.61 Å². The van der Waals surface area contributed by atoms with E-state index in [2.05, 4.69) is 24.3 Å². The minimum absolute atomic E-state index is 0.0231. The van der Waals surface area contributed by atoms with Crippen molar-refractivity contribution < 1.29 is 4.74 Å². The van der Waals surface area contributed by atoms with Crippen molar-refractivity contribution in [3.63, 3.8) is 0 Å². The molecule has 86 valence electrons. The van der Waals surface area contributed by atoms with Crippen molar-refractivity contribution in [2.24, 2.45) is 5.73 Å². The van der Waals surface area contributed by atoms with Crippen molar-refractivity contribution in [3.8, 4) is 0 Å². The molecule has 1 saturated heterocycles. The van der Waals surface area contributed by atoms with E-state index in [-0.39, 0.29) is 5.54 Å². The van der Waals surface area contributed by atoms with Crippen molar-refractivity contribution in [2.45, 2.75) is 43.7 Å². The molecular weight excluding hydrogens is 198 g/mol. The molecule has 1 aromatic rings. The predicted molar refractivity (Wildman–Crippen MR) is 64.1 cm³/mol. The van der Waals surface area contributed by atoms with Crippen LogP contribution in [0.3, 0.4) is 0 Å². The summed E-state index contributed by atoms with van der Waals surface area (Å²) < 4.78 is 5.81. The van der Waals surface area contributed by atoms with E-state index in [4.69, 9.17) is 10.5 Å².